The molecule has 0 radical (unpaired) electrons. The number of rotatable bonds is 8. The predicted octanol–water partition coefficient (Wildman–Crippen LogP) is 7.40. The molecule has 0 aliphatic carbocycles. The van der Waals surface area contributed by atoms with Crippen LogP contribution in [-0.4, -0.2) is 17.7 Å². The van der Waals surface area contributed by atoms with Gasteiger partial charge in [0.25, 0.3) is 0 Å². The van der Waals surface area contributed by atoms with Gasteiger partial charge in [0.1, 0.15) is 18.1 Å². The molecule has 5 heteroatoms. The average molecular weight is 517 g/mol. The number of hydrogen-bond donors (Lipinski definition) is 0. The van der Waals surface area contributed by atoms with E-state index in [4.69, 9.17) is 9.47 Å². The first-order chi connectivity index (χ1) is 18.9. The molecule has 5 aromatic rings. The highest BCUT2D eigenvalue weighted by Crippen LogP contribution is 2.44. The lowest BCUT2D eigenvalue weighted by atomic mass is 9.79. The molecular weight excluding hydrogens is 488 g/mol. The van der Waals surface area contributed by atoms with Gasteiger partial charge in [0.2, 0.25) is 0 Å². The maximum absolute atomic E-state index is 14.4. The summed E-state index contributed by atoms with van der Waals surface area (Å²) in [6.07, 6.45) is -2.07. The van der Waals surface area contributed by atoms with Crippen LogP contribution in [0.3, 0.4) is 0 Å². The Kier molecular flexibility index (Phi) is 7.50. The van der Waals surface area contributed by atoms with E-state index in [2.05, 4.69) is 0 Å². The zero-order valence-corrected chi connectivity index (χ0v) is 21.7. The first kappa shape index (κ1) is 25.9. The van der Waals surface area contributed by atoms with Crippen LogP contribution in [0.4, 0.5) is 0 Å². The summed E-state index contributed by atoms with van der Waals surface area (Å²) in [5.41, 5.74) is 1.75. The Balaban J connectivity index is 1.80. The largest absolute Gasteiger partial charge is 0.457 e. The van der Waals surface area contributed by atoms with Crippen molar-refractivity contribution in [1.29, 1.82) is 0 Å². The van der Waals surface area contributed by atoms with Crippen LogP contribution in [0, 0.1) is 5.92 Å². The van der Waals surface area contributed by atoms with Gasteiger partial charge in [-0.05, 0) is 21.5 Å². The van der Waals surface area contributed by atoms with Crippen LogP contribution in [0.15, 0.2) is 115 Å². The predicted molar refractivity (Wildman–Crippen MR) is 151 cm³/mol. The molecule has 0 saturated heterocycles. The summed E-state index contributed by atoms with van der Waals surface area (Å²) in [4.78, 5) is 39.6. The van der Waals surface area contributed by atoms with Gasteiger partial charge in [-0.15, -0.1) is 0 Å². The van der Waals surface area contributed by atoms with E-state index in [1.165, 1.54) is 13.8 Å². The lowest BCUT2D eigenvalue weighted by molar-refractivity contribution is -0.157. The third-order valence-corrected chi connectivity index (χ3v) is 6.86. The molecule has 0 amide bonds. The molecule has 0 saturated carbocycles. The van der Waals surface area contributed by atoms with Crippen LogP contribution in [0.5, 0.6) is 0 Å². The van der Waals surface area contributed by atoms with Crippen molar-refractivity contribution in [3.05, 3.63) is 132 Å². The Bertz CT molecular complexity index is 1550. The standard InChI is InChI=1S/C34H28O5/c1-22(35)38-33(29-20-10-16-24-12-6-8-18-27(24)29)31(32(37)26-14-4-3-5-15-26)34(39-23(2)36)30-21-11-17-25-13-7-9-19-28(25)30/h3-21,31,33-34H,1-2H3/t33-,34-/m0/s1. The Hall–Kier alpha value is -4.77. The van der Waals surface area contributed by atoms with Crippen LogP contribution in [-0.2, 0) is 19.1 Å². The van der Waals surface area contributed by atoms with Gasteiger partial charge in [-0.25, -0.2) is 0 Å². The molecule has 0 heterocycles. The fourth-order valence-electron chi connectivity index (χ4n) is 5.24. The van der Waals surface area contributed by atoms with E-state index in [1.807, 2.05) is 91.0 Å². The third kappa shape index (κ3) is 5.43. The SMILES string of the molecule is CC(=O)O[C@@H](c1cccc2ccccc12)C(C(=O)c1ccccc1)[C@@H](OC(C)=O)c1cccc2ccccc12. The Labute approximate surface area is 227 Å². The number of fused-ring (bicyclic) bond motifs is 2. The molecular formula is C34H28O5. The number of ketones is 1. The molecule has 0 fully saturated rings. The Morgan fingerprint density at radius 3 is 1.38 bits per heavy atom. The zero-order valence-electron chi connectivity index (χ0n) is 21.7. The normalized spacial score (nSPS) is 12.7. The molecule has 5 nitrogen and oxygen atoms in total. The van der Waals surface area contributed by atoms with Gasteiger partial charge in [-0.3, -0.25) is 14.4 Å². The van der Waals surface area contributed by atoms with Crippen molar-refractivity contribution < 1.29 is 23.9 Å². The molecule has 39 heavy (non-hydrogen) atoms. The molecule has 5 aromatic carbocycles. The van der Waals surface area contributed by atoms with Gasteiger partial charge < -0.3 is 9.47 Å². The van der Waals surface area contributed by atoms with Gasteiger partial charge in [0, 0.05) is 30.5 Å². The minimum atomic E-state index is -1.07. The van der Waals surface area contributed by atoms with Crippen molar-refractivity contribution in [2.75, 3.05) is 0 Å². The summed E-state index contributed by atoms with van der Waals surface area (Å²) in [7, 11) is 0. The topological polar surface area (TPSA) is 69.7 Å². The minimum Gasteiger partial charge on any atom is -0.457 e. The van der Waals surface area contributed by atoms with Gasteiger partial charge >= 0.3 is 11.9 Å². The van der Waals surface area contributed by atoms with E-state index < -0.39 is 30.1 Å². The van der Waals surface area contributed by atoms with Crippen molar-refractivity contribution in [3.8, 4) is 0 Å². The van der Waals surface area contributed by atoms with E-state index >= 15 is 0 Å². The van der Waals surface area contributed by atoms with Crippen molar-refractivity contribution in [2.45, 2.75) is 26.1 Å². The zero-order chi connectivity index (χ0) is 27.4. The van der Waals surface area contributed by atoms with E-state index in [-0.39, 0.29) is 5.78 Å². The maximum Gasteiger partial charge on any atom is 0.303 e. The second kappa shape index (κ2) is 11.3. The number of esters is 2. The quantitative estimate of drug-likeness (QED) is 0.159. The first-order valence-corrected chi connectivity index (χ1v) is 12.8. The van der Waals surface area contributed by atoms with E-state index in [0.29, 0.717) is 16.7 Å². The van der Waals surface area contributed by atoms with Crippen LogP contribution >= 0.6 is 0 Å². The van der Waals surface area contributed by atoms with E-state index in [0.717, 1.165) is 21.5 Å². The number of carbonyl (C=O) groups is 3. The summed E-state index contributed by atoms with van der Waals surface area (Å²) in [6, 6.07) is 35.7. The lowest BCUT2D eigenvalue weighted by Crippen LogP contribution is -2.34. The van der Waals surface area contributed by atoms with Crippen molar-refractivity contribution in [2.24, 2.45) is 5.92 Å². The molecule has 194 valence electrons. The highest BCUT2D eigenvalue weighted by atomic mass is 16.6. The molecule has 0 aliphatic heterocycles. The number of hydrogen-bond acceptors (Lipinski definition) is 5. The Morgan fingerprint density at radius 1 is 0.513 bits per heavy atom. The van der Waals surface area contributed by atoms with Gasteiger partial charge in [-0.2, -0.15) is 0 Å². The van der Waals surface area contributed by atoms with Crippen LogP contribution in [0.25, 0.3) is 21.5 Å². The number of carbonyl (C=O) groups excluding carboxylic acids is 3. The highest BCUT2D eigenvalue weighted by molar-refractivity contribution is 6.00. The van der Waals surface area contributed by atoms with E-state index in [9.17, 15) is 14.4 Å². The third-order valence-electron chi connectivity index (χ3n) is 6.86. The van der Waals surface area contributed by atoms with Gasteiger partial charge in [-0.1, -0.05) is 115 Å². The summed E-state index contributed by atoms with van der Waals surface area (Å²) in [5, 5.41) is 3.56. The summed E-state index contributed by atoms with van der Waals surface area (Å²) in [5.74, 6) is -2.46. The fraction of sp³-hybridized carbons (Fsp3) is 0.147. The number of ether oxygens (including phenoxy) is 2. The summed E-state index contributed by atoms with van der Waals surface area (Å²) < 4.78 is 12.0. The highest BCUT2D eigenvalue weighted by Gasteiger charge is 2.43. The average Bonchev–Trinajstić information content (AvgIpc) is 2.95. The maximum atomic E-state index is 14.4. The summed E-state index contributed by atoms with van der Waals surface area (Å²) >= 11 is 0. The van der Waals surface area contributed by atoms with Crippen LogP contribution in [0.2, 0.25) is 0 Å². The van der Waals surface area contributed by atoms with Gasteiger partial charge in [0.05, 0.1) is 0 Å². The molecule has 0 bridgehead atoms. The second-order valence-electron chi connectivity index (χ2n) is 9.45. The fourth-order valence-corrected chi connectivity index (χ4v) is 5.24. The van der Waals surface area contributed by atoms with Crippen LogP contribution in [0.1, 0.15) is 47.5 Å². The molecule has 0 N–H and O–H groups in total. The molecule has 0 aliphatic rings. The molecule has 5 rings (SSSR count). The summed E-state index contributed by atoms with van der Waals surface area (Å²) in [6.45, 7) is 2.64. The molecule has 0 spiro atoms. The van der Waals surface area contributed by atoms with E-state index in [1.54, 1.807) is 24.3 Å². The lowest BCUT2D eigenvalue weighted by Gasteiger charge is -2.33. The molecule has 0 aromatic heterocycles. The van der Waals surface area contributed by atoms with Crippen molar-refractivity contribution in [3.63, 3.8) is 0 Å². The minimum absolute atomic E-state index is 0.297. The second-order valence-corrected chi connectivity index (χ2v) is 9.45. The van der Waals surface area contributed by atoms with Crippen LogP contribution < -0.4 is 0 Å². The van der Waals surface area contributed by atoms with Gasteiger partial charge in [0.15, 0.2) is 5.78 Å². The number of Topliss-reactive ketones (excluding diaryl/α,β-unsaturated/α-hetero) is 1. The molecule has 2 atom stereocenters. The Morgan fingerprint density at radius 2 is 0.923 bits per heavy atom. The van der Waals surface area contributed by atoms with Crippen molar-refractivity contribution >= 4 is 39.3 Å². The molecule has 0 unspecified atom stereocenters. The number of benzene rings is 5. The first-order valence-electron chi connectivity index (χ1n) is 12.8. The smallest absolute Gasteiger partial charge is 0.303 e. The monoisotopic (exact) mass is 516 g/mol. The van der Waals surface area contributed by atoms with Crippen molar-refractivity contribution in [1.82, 2.24) is 0 Å².